The molecule has 23 heavy (non-hydrogen) atoms. The number of halogens is 1. The average molecular weight is 329 g/mol. The van der Waals surface area contributed by atoms with Crippen LogP contribution in [0.1, 0.15) is 23.3 Å². The number of rotatable bonds is 6. The summed E-state index contributed by atoms with van der Waals surface area (Å²) in [6.07, 6.45) is 7.38. The molecule has 5 nitrogen and oxygen atoms in total. The van der Waals surface area contributed by atoms with Crippen LogP contribution in [0.5, 0.6) is 0 Å². The number of hydrogen-bond acceptors (Lipinski definition) is 3. The van der Waals surface area contributed by atoms with E-state index in [0.29, 0.717) is 17.3 Å². The largest absolute Gasteiger partial charge is 0.351 e. The number of carbonyl (C=O) groups is 1. The lowest BCUT2D eigenvalue weighted by atomic mass is 10.2. The molecule has 0 aliphatic heterocycles. The Balaban J connectivity index is 1.51. The maximum absolute atomic E-state index is 12.1. The lowest BCUT2D eigenvalue weighted by Crippen LogP contribution is -2.25. The molecule has 0 saturated carbocycles. The van der Waals surface area contributed by atoms with Crippen LogP contribution in [-0.4, -0.2) is 27.0 Å². The molecule has 1 aromatic carbocycles. The average Bonchev–Trinajstić information content (AvgIpc) is 3.07. The van der Waals surface area contributed by atoms with E-state index in [1.165, 1.54) is 0 Å². The SMILES string of the molecule is O=C(NCCCCn1ccnc1)c1ccc2ccc(Cl)cc2n1. The summed E-state index contributed by atoms with van der Waals surface area (Å²) >= 11 is 5.96. The number of pyridine rings is 1. The van der Waals surface area contributed by atoms with E-state index in [9.17, 15) is 4.79 Å². The number of benzene rings is 1. The zero-order valence-electron chi connectivity index (χ0n) is 12.6. The molecule has 2 heterocycles. The van der Waals surface area contributed by atoms with Gasteiger partial charge in [0.05, 0.1) is 11.8 Å². The highest BCUT2D eigenvalue weighted by Gasteiger charge is 2.07. The van der Waals surface area contributed by atoms with Crippen LogP contribution in [0.4, 0.5) is 0 Å². The third-order valence-electron chi connectivity index (χ3n) is 3.57. The van der Waals surface area contributed by atoms with Crippen LogP contribution in [-0.2, 0) is 6.54 Å². The predicted octanol–water partition coefficient (Wildman–Crippen LogP) is 3.29. The molecule has 0 aliphatic rings. The van der Waals surface area contributed by atoms with Crippen molar-refractivity contribution >= 4 is 28.4 Å². The third kappa shape index (κ3) is 4.07. The molecular weight excluding hydrogens is 312 g/mol. The van der Waals surface area contributed by atoms with E-state index < -0.39 is 0 Å². The van der Waals surface area contributed by atoms with Gasteiger partial charge in [0.15, 0.2) is 0 Å². The van der Waals surface area contributed by atoms with E-state index >= 15 is 0 Å². The van der Waals surface area contributed by atoms with Crippen molar-refractivity contribution in [3.8, 4) is 0 Å². The van der Waals surface area contributed by atoms with E-state index in [-0.39, 0.29) is 5.91 Å². The van der Waals surface area contributed by atoms with Gasteiger partial charge in [-0.25, -0.2) is 9.97 Å². The van der Waals surface area contributed by atoms with Crippen molar-refractivity contribution in [3.63, 3.8) is 0 Å². The van der Waals surface area contributed by atoms with Gasteiger partial charge in [-0.05, 0) is 31.0 Å². The summed E-state index contributed by atoms with van der Waals surface area (Å²) in [7, 11) is 0. The number of unbranched alkanes of at least 4 members (excludes halogenated alkanes) is 1. The maximum Gasteiger partial charge on any atom is 0.269 e. The number of hydrogen-bond donors (Lipinski definition) is 1. The summed E-state index contributed by atoms with van der Waals surface area (Å²) in [5, 5.41) is 4.48. The second-order valence-electron chi connectivity index (χ2n) is 5.30. The summed E-state index contributed by atoms with van der Waals surface area (Å²) in [6, 6.07) is 9.08. The minimum absolute atomic E-state index is 0.158. The van der Waals surface area contributed by atoms with Crippen molar-refractivity contribution in [3.05, 3.63) is 59.8 Å². The Morgan fingerprint density at radius 1 is 1.22 bits per heavy atom. The Bertz CT molecular complexity index is 801. The first-order valence-electron chi connectivity index (χ1n) is 7.52. The first-order valence-corrected chi connectivity index (χ1v) is 7.90. The Labute approximate surface area is 139 Å². The fourth-order valence-electron chi connectivity index (χ4n) is 2.35. The van der Waals surface area contributed by atoms with Gasteiger partial charge in [0.1, 0.15) is 5.69 Å². The zero-order valence-corrected chi connectivity index (χ0v) is 13.3. The molecule has 0 atom stereocenters. The van der Waals surface area contributed by atoms with Gasteiger partial charge in [0.2, 0.25) is 0 Å². The second-order valence-corrected chi connectivity index (χ2v) is 5.73. The number of nitrogens with one attached hydrogen (secondary N) is 1. The van der Waals surface area contributed by atoms with Crippen LogP contribution in [0.2, 0.25) is 5.02 Å². The molecule has 0 fully saturated rings. The molecule has 0 bridgehead atoms. The molecule has 118 valence electrons. The van der Waals surface area contributed by atoms with Crippen LogP contribution in [0.25, 0.3) is 10.9 Å². The van der Waals surface area contributed by atoms with Crippen LogP contribution < -0.4 is 5.32 Å². The van der Waals surface area contributed by atoms with Crippen molar-refractivity contribution in [2.75, 3.05) is 6.54 Å². The van der Waals surface area contributed by atoms with Gasteiger partial charge >= 0.3 is 0 Å². The molecule has 0 saturated heterocycles. The van der Waals surface area contributed by atoms with Crippen molar-refractivity contribution < 1.29 is 4.79 Å². The van der Waals surface area contributed by atoms with E-state index in [1.807, 2.05) is 29.0 Å². The lowest BCUT2D eigenvalue weighted by Gasteiger charge is -2.06. The van der Waals surface area contributed by atoms with Gasteiger partial charge in [0.25, 0.3) is 5.91 Å². The minimum Gasteiger partial charge on any atom is -0.351 e. The number of imidazole rings is 1. The fourth-order valence-corrected chi connectivity index (χ4v) is 2.51. The number of fused-ring (bicyclic) bond motifs is 1. The van der Waals surface area contributed by atoms with Gasteiger partial charge in [-0.15, -0.1) is 0 Å². The van der Waals surface area contributed by atoms with Crippen molar-refractivity contribution in [2.24, 2.45) is 0 Å². The molecule has 0 aliphatic carbocycles. The molecule has 0 radical (unpaired) electrons. The highest BCUT2D eigenvalue weighted by atomic mass is 35.5. The summed E-state index contributed by atoms with van der Waals surface area (Å²) in [4.78, 5) is 20.5. The number of amides is 1. The summed E-state index contributed by atoms with van der Waals surface area (Å²) < 4.78 is 2.02. The van der Waals surface area contributed by atoms with E-state index in [1.54, 1.807) is 24.7 Å². The van der Waals surface area contributed by atoms with Crippen LogP contribution >= 0.6 is 11.6 Å². The highest BCUT2D eigenvalue weighted by Crippen LogP contribution is 2.17. The molecule has 1 amide bonds. The van der Waals surface area contributed by atoms with Gasteiger partial charge in [-0.1, -0.05) is 23.7 Å². The Morgan fingerprint density at radius 3 is 2.91 bits per heavy atom. The van der Waals surface area contributed by atoms with Crippen LogP contribution in [0.3, 0.4) is 0 Å². The van der Waals surface area contributed by atoms with E-state index in [2.05, 4.69) is 15.3 Å². The van der Waals surface area contributed by atoms with Crippen molar-refractivity contribution in [1.82, 2.24) is 19.9 Å². The second kappa shape index (κ2) is 7.24. The van der Waals surface area contributed by atoms with Crippen molar-refractivity contribution in [1.29, 1.82) is 0 Å². The van der Waals surface area contributed by atoms with E-state index in [0.717, 1.165) is 30.3 Å². The van der Waals surface area contributed by atoms with Crippen LogP contribution in [0, 0.1) is 0 Å². The Morgan fingerprint density at radius 2 is 2.09 bits per heavy atom. The molecular formula is C17H17ClN4O. The zero-order chi connectivity index (χ0) is 16.1. The first kappa shape index (κ1) is 15.5. The molecule has 6 heteroatoms. The smallest absolute Gasteiger partial charge is 0.269 e. The van der Waals surface area contributed by atoms with Crippen molar-refractivity contribution in [2.45, 2.75) is 19.4 Å². The molecule has 3 rings (SSSR count). The molecule has 0 spiro atoms. The number of aryl methyl sites for hydroxylation is 1. The number of nitrogens with zero attached hydrogens (tertiary/aromatic N) is 3. The van der Waals surface area contributed by atoms with Gasteiger partial charge in [0, 0.05) is 35.9 Å². The molecule has 1 N–H and O–H groups in total. The Hall–Kier alpha value is -2.40. The minimum atomic E-state index is -0.158. The first-order chi connectivity index (χ1) is 11.2. The van der Waals surface area contributed by atoms with Gasteiger partial charge in [-0.3, -0.25) is 4.79 Å². The molecule has 2 aromatic heterocycles. The Kier molecular flexibility index (Phi) is 4.88. The maximum atomic E-state index is 12.1. The number of aromatic nitrogens is 3. The summed E-state index contributed by atoms with van der Waals surface area (Å²) in [5.41, 5.74) is 1.14. The molecule has 3 aromatic rings. The van der Waals surface area contributed by atoms with E-state index in [4.69, 9.17) is 11.6 Å². The quantitative estimate of drug-likeness (QED) is 0.706. The monoisotopic (exact) mass is 328 g/mol. The molecule has 0 unspecified atom stereocenters. The third-order valence-corrected chi connectivity index (χ3v) is 3.81. The highest BCUT2D eigenvalue weighted by molar-refractivity contribution is 6.31. The summed E-state index contributed by atoms with van der Waals surface area (Å²) in [6.45, 7) is 1.53. The topological polar surface area (TPSA) is 59.8 Å². The number of carbonyl (C=O) groups excluding carboxylic acids is 1. The van der Waals surface area contributed by atoms with Gasteiger partial charge < -0.3 is 9.88 Å². The summed E-state index contributed by atoms with van der Waals surface area (Å²) in [5.74, 6) is -0.158. The standard InChI is InChI=1S/C17H17ClN4O/c18-14-5-3-13-4-6-15(21-16(13)11-14)17(23)20-7-1-2-9-22-10-8-19-12-22/h3-6,8,10-12H,1-2,7,9H2,(H,20,23). The lowest BCUT2D eigenvalue weighted by molar-refractivity contribution is 0.0948. The van der Waals surface area contributed by atoms with Crippen LogP contribution in [0.15, 0.2) is 49.1 Å². The predicted molar refractivity (Wildman–Crippen MR) is 90.5 cm³/mol. The fraction of sp³-hybridized carbons (Fsp3) is 0.235. The normalized spacial score (nSPS) is 10.8. The van der Waals surface area contributed by atoms with Gasteiger partial charge in [-0.2, -0.15) is 0 Å².